The van der Waals surface area contributed by atoms with Gasteiger partial charge in [-0.05, 0) is 54.4 Å². The number of benzene rings is 2. The summed E-state index contributed by atoms with van der Waals surface area (Å²) in [6, 6.07) is 13.9. The van der Waals surface area contributed by atoms with Gasteiger partial charge in [0.1, 0.15) is 12.1 Å². The highest BCUT2D eigenvalue weighted by Gasteiger charge is 2.23. The molecule has 0 spiro atoms. The second-order valence-corrected chi connectivity index (χ2v) is 9.09. The molecular weight excluding hydrogens is 440 g/mol. The number of nitrogens with zero attached hydrogens (tertiary/aromatic N) is 5. The summed E-state index contributed by atoms with van der Waals surface area (Å²) in [5, 5.41) is 0.819. The second kappa shape index (κ2) is 11.1. The molecule has 1 amide bonds. The molecule has 0 aliphatic carbocycles. The van der Waals surface area contributed by atoms with Crippen LogP contribution < -0.4 is 10.6 Å². The van der Waals surface area contributed by atoms with Crippen LogP contribution in [0, 0.1) is 0 Å². The van der Waals surface area contributed by atoms with Crippen molar-refractivity contribution in [1.82, 2.24) is 19.8 Å². The maximum atomic E-state index is 12.7. The van der Waals surface area contributed by atoms with Crippen LogP contribution in [0.5, 0.6) is 0 Å². The van der Waals surface area contributed by atoms with Crippen molar-refractivity contribution in [3.63, 3.8) is 0 Å². The van der Waals surface area contributed by atoms with E-state index in [-0.39, 0.29) is 11.7 Å². The summed E-state index contributed by atoms with van der Waals surface area (Å²) in [5.41, 5.74) is 9.83. The van der Waals surface area contributed by atoms with Crippen molar-refractivity contribution in [3.05, 3.63) is 66.0 Å². The third-order valence-electron chi connectivity index (χ3n) is 6.27. The largest absolute Gasteiger partial charge is 0.383 e. The monoisotopic (exact) mass is 472 g/mol. The molecule has 2 N–H and O–H groups in total. The first-order chi connectivity index (χ1) is 16.9. The average Bonchev–Trinajstić information content (AvgIpc) is 2.85. The Bertz CT molecular complexity index is 1220. The smallest absolute Gasteiger partial charge is 0.237 e. The number of nitrogens with two attached hydrogens (primary N) is 1. The summed E-state index contributed by atoms with van der Waals surface area (Å²) in [4.78, 5) is 39.3. The molecule has 1 saturated heterocycles. The van der Waals surface area contributed by atoms with Crippen molar-refractivity contribution in [2.45, 2.75) is 19.4 Å². The minimum atomic E-state index is 0.103. The number of rotatable bonds is 9. The topological polar surface area (TPSA) is 95.7 Å². The molecule has 2 aromatic carbocycles. The maximum absolute atomic E-state index is 12.7. The zero-order chi connectivity index (χ0) is 24.8. The van der Waals surface area contributed by atoms with E-state index in [4.69, 9.17) is 5.73 Å². The van der Waals surface area contributed by atoms with Crippen LogP contribution in [-0.2, 0) is 16.1 Å². The Hall–Kier alpha value is -3.78. The zero-order valence-corrected chi connectivity index (χ0v) is 20.4. The lowest BCUT2D eigenvalue weighted by Crippen LogP contribution is -2.50. The Kier molecular flexibility index (Phi) is 7.72. The molecule has 1 aliphatic rings. The standard InChI is InChI=1S/C27H32N6O2/c1-31(2)22-9-5-20(6-10-22)7-11-23(34)4-3-13-32-14-15-33(26(35)18-32)17-21-8-12-24-25(16-21)29-19-30-27(24)28/h5-12,16,19H,3-4,13-15,17-18H2,1-2H3,(H2,28,29,30). The van der Waals surface area contributed by atoms with Gasteiger partial charge in [-0.2, -0.15) is 0 Å². The molecule has 0 bridgehead atoms. The predicted molar refractivity (Wildman–Crippen MR) is 140 cm³/mol. The van der Waals surface area contributed by atoms with E-state index in [0.29, 0.717) is 31.9 Å². The molecule has 1 aromatic heterocycles. The number of ketones is 1. The van der Waals surface area contributed by atoms with E-state index in [0.717, 1.165) is 47.2 Å². The molecule has 0 unspecified atom stereocenters. The van der Waals surface area contributed by atoms with Gasteiger partial charge >= 0.3 is 0 Å². The van der Waals surface area contributed by atoms with Gasteiger partial charge < -0.3 is 15.5 Å². The van der Waals surface area contributed by atoms with E-state index < -0.39 is 0 Å². The SMILES string of the molecule is CN(C)c1ccc(C=CC(=O)CCCN2CCN(Cc3ccc4c(N)ncnc4c3)C(=O)C2)cc1. The lowest BCUT2D eigenvalue weighted by atomic mass is 10.1. The molecule has 35 heavy (non-hydrogen) atoms. The quantitative estimate of drug-likeness (QED) is 0.478. The van der Waals surface area contributed by atoms with Gasteiger partial charge in [0.25, 0.3) is 0 Å². The van der Waals surface area contributed by atoms with Gasteiger partial charge in [-0.15, -0.1) is 0 Å². The Morgan fingerprint density at radius 1 is 1.11 bits per heavy atom. The summed E-state index contributed by atoms with van der Waals surface area (Å²) in [5.74, 6) is 0.664. The highest BCUT2D eigenvalue weighted by atomic mass is 16.2. The normalized spacial score (nSPS) is 14.7. The number of hydrogen-bond acceptors (Lipinski definition) is 7. The van der Waals surface area contributed by atoms with Crippen molar-refractivity contribution in [2.24, 2.45) is 0 Å². The van der Waals surface area contributed by atoms with Gasteiger partial charge in [0.2, 0.25) is 5.91 Å². The van der Waals surface area contributed by atoms with Crippen molar-refractivity contribution >= 4 is 40.2 Å². The van der Waals surface area contributed by atoms with E-state index in [1.807, 2.05) is 72.4 Å². The molecule has 2 heterocycles. The predicted octanol–water partition coefficient (Wildman–Crippen LogP) is 2.98. The Labute approximate surface area is 206 Å². The molecule has 1 fully saturated rings. The zero-order valence-electron chi connectivity index (χ0n) is 20.4. The van der Waals surface area contributed by atoms with Crippen molar-refractivity contribution in [1.29, 1.82) is 0 Å². The summed E-state index contributed by atoms with van der Waals surface area (Å²) >= 11 is 0. The molecule has 4 rings (SSSR count). The van der Waals surface area contributed by atoms with E-state index in [1.54, 1.807) is 6.08 Å². The third-order valence-corrected chi connectivity index (χ3v) is 6.27. The lowest BCUT2D eigenvalue weighted by Gasteiger charge is -2.34. The van der Waals surface area contributed by atoms with E-state index in [1.165, 1.54) is 6.33 Å². The molecule has 182 valence electrons. The molecule has 3 aromatic rings. The fraction of sp³-hybridized carbons (Fsp3) is 0.333. The number of allylic oxidation sites excluding steroid dienone is 1. The number of aromatic nitrogens is 2. The number of carbonyl (C=O) groups is 2. The summed E-state index contributed by atoms with van der Waals surface area (Å²) in [7, 11) is 4.00. The molecule has 0 radical (unpaired) electrons. The van der Waals surface area contributed by atoms with Gasteiger partial charge in [-0.3, -0.25) is 14.5 Å². The van der Waals surface area contributed by atoms with Crippen LogP contribution in [-0.4, -0.2) is 71.7 Å². The molecular formula is C27H32N6O2. The number of piperazine rings is 1. The number of nitrogen functional groups attached to an aromatic ring is 1. The van der Waals surface area contributed by atoms with Crippen LogP contribution >= 0.6 is 0 Å². The first-order valence-corrected chi connectivity index (χ1v) is 11.9. The highest BCUT2D eigenvalue weighted by Crippen LogP contribution is 2.19. The third kappa shape index (κ3) is 6.42. The van der Waals surface area contributed by atoms with E-state index in [2.05, 4.69) is 14.9 Å². The first kappa shape index (κ1) is 24.3. The van der Waals surface area contributed by atoms with Crippen molar-refractivity contribution in [2.75, 3.05) is 50.9 Å². The van der Waals surface area contributed by atoms with Crippen molar-refractivity contribution < 1.29 is 9.59 Å². The molecule has 0 saturated carbocycles. The Morgan fingerprint density at radius 2 is 1.91 bits per heavy atom. The average molecular weight is 473 g/mol. The minimum Gasteiger partial charge on any atom is -0.383 e. The van der Waals surface area contributed by atoms with E-state index >= 15 is 0 Å². The van der Waals surface area contributed by atoms with Crippen LogP contribution in [0.1, 0.15) is 24.0 Å². The number of hydrogen-bond donors (Lipinski definition) is 1. The molecule has 1 aliphatic heterocycles. The molecule has 8 nitrogen and oxygen atoms in total. The van der Waals surface area contributed by atoms with Gasteiger partial charge in [-0.25, -0.2) is 9.97 Å². The fourth-order valence-electron chi connectivity index (χ4n) is 4.19. The van der Waals surface area contributed by atoms with Crippen LogP contribution in [0.2, 0.25) is 0 Å². The number of anilines is 2. The second-order valence-electron chi connectivity index (χ2n) is 9.09. The van der Waals surface area contributed by atoms with Crippen LogP contribution in [0.15, 0.2) is 54.9 Å². The van der Waals surface area contributed by atoms with Gasteiger partial charge in [0.05, 0.1) is 12.1 Å². The van der Waals surface area contributed by atoms with Gasteiger partial charge in [-0.1, -0.05) is 24.3 Å². The number of fused-ring (bicyclic) bond motifs is 1. The Balaban J connectivity index is 1.20. The number of amides is 1. The summed E-state index contributed by atoms with van der Waals surface area (Å²) in [6.07, 6.45) is 6.17. The Morgan fingerprint density at radius 3 is 2.66 bits per heavy atom. The van der Waals surface area contributed by atoms with Gasteiger partial charge in [0.15, 0.2) is 5.78 Å². The van der Waals surface area contributed by atoms with Crippen molar-refractivity contribution in [3.8, 4) is 0 Å². The molecule has 0 atom stereocenters. The number of carbonyl (C=O) groups excluding carboxylic acids is 2. The maximum Gasteiger partial charge on any atom is 0.237 e. The summed E-state index contributed by atoms with van der Waals surface area (Å²) < 4.78 is 0. The van der Waals surface area contributed by atoms with Crippen LogP contribution in [0.4, 0.5) is 11.5 Å². The van der Waals surface area contributed by atoms with Gasteiger partial charge in [0, 0.05) is 51.2 Å². The molecule has 8 heteroatoms. The van der Waals surface area contributed by atoms with Crippen LogP contribution in [0.3, 0.4) is 0 Å². The summed E-state index contributed by atoms with van der Waals surface area (Å²) in [6.45, 7) is 3.13. The first-order valence-electron chi connectivity index (χ1n) is 11.9. The lowest BCUT2D eigenvalue weighted by molar-refractivity contribution is -0.136. The highest BCUT2D eigenvalue weighted by molar-refractivity contribution is 5.93. The van der Waals surface area contributed by atoms with Crippen LogP contribution in [0.25, 0.3) is 17.0 Å². The minimum absolute atomic E-state index is 0.103. The van der Waals surface area contributed by atoms with E-state index in [9.17, 15) is 9.59 Å². The fourth-order valence-corrected chi connectivity index (χ4v) is 4.19.